The van der Waals surface area contributed by atoms with Crippen molar-refractivity contribution in [1.29, 1.82) is 0 Å². The Bertz CT molecular complexity index is 341. The average Bonchev–Trinajstić information content (AvgIpc) is 3.09. The molecule has 3 aliphatic rings. The van der Waals surface area contributed by atoms with Gasteiger partial charge in [-0.25, -0.2) is 0 Å². The van der Waals surface area contributed by atoms with Crippen LogP contribution in [-0.2, 0) is 4.79 Å². The summed E-state index contributed by atoms with van der Waals surface area (Å²) in [7, 11) is 0. The first-order valence-electron chi connectivity index (χ1n) is 6.54. The first-order valence-corrected chi connectivity index (χ1v) is 6.54. The fourth-order valence-electron chi connectivity index (χ4n) is 3.65. The average molecular weight is 220 g/mol. The van der Waals surface area contributed by atoms with E-state index in [0.717, 1.165) is 18.3 Å². The zero-order valence-corrected chi connectivity index (χ0v) is 9.86. The van der Waals surface area contributed by atoms with Gasteiger partial charge >= 0.3 is 5.97 Å². The Hall–Kier alpha value is -0.790. The summed E-state index contributed by atoms with van der Waals surface area (Å²) >= 11 is 0. The number of carboxylic acids is 1. The molecule has 2 heteroatoms. The van der Waals surface area contributed by atoms with Gasteiger partial charge in [-0.1, -0.05) is 19.1 Å². The minimum absolute atomic E-state index is 0.0785. The van der Waals surface area contributed by atoms with Crippen LogP contribution in [0.2, 0.25) is 0 Å². The van der Waals surface area contributed by atoms with Crippen LogP contribution in [0, 0.1) is 29.1 Å². The number of hydrogen-bond donors (Lipinski definition) is 1. The van der Waals surface area contributed by atoms with Crippen LogP contribution in [-0.4, -0.2) is 11.1 Å². The van der Waals surface area contributed by atoms with Crippen molar-refractivity contribution in [1.82, 2.24) is 0 Å². The van der Waals surface area contributed by atoms with E-state index >= 15 is 0 Å². The lowest BCUT2D eigenvalue weighted by Gasteiger charge is -2.18. The Balaban J connectivity index is 1.60. The molecule has 16 heavy (non-hydrogen) atoms. The van der Waals surface area contributed by atoms with Gasteiger partial charge in [0.25, 0.3) is 0 Å². The number of allylic oxidation sites excluding steroid dienone is 2. The summed E-state index contributed by atoms with van der Waals surface area (Å²) in [4.78, 5) is 10.7. The van der Waals surface area contributed by atoms with Gasteiger partial charge in [-0.15, -0.1) is 0 Å². The van der Waals surface area contributed by atoms with E-state index in [0.29, 0.717) is 11.3 Å². The van der Waals surface area contributed by atoms with Crippen LogP contribution in [0.3, 0.4) is 0 Å². The number of rotatable bonds is 3. The predicted octanol–water partition coefficient (Wildman–Crippen LogP) is 3.09. The van der Waals surface area contributed by atoms with Gasteiger partial charge in [-0.05, 0) is 55.3 Å². The second-order valence-electron chi connectivity index (χ2n) is 6.05. The van der Waals surface area contributed by atoms with Gasteiger partial charge in [-0.2, -0.15) is 0 Å². The zero-order chi connectivity index (χ0) is 11.3. The molecule has 0 aromatic heterocycles. The van der Waals surface area contributed by atoms with Gasteiger partial charge in [0, 0.05) is 0 Å². The maximum atomic E-state index is 10.7. The third-order valence-electron chi connectivity index (χ3n) is 5.21. The van der Waals surface area contributed by atoms with Crippen LogP contribution < -0.4 is 0 Å². The maximum Gasteiger partial charge on any atom is 0.307 e. The Morgan fingerprint density at radius 3 is 2.62 bits per heavy atom. The second-order valence-corrected chi connectivity index (χ2v) is 6.05. The van der Waals surface area contributed by atoms with Gasteiger partial charge in [0.15, 0.2) is 0 Å². The van der Waals surface area contributed by atoms with Crippen LogP contribution in [0.4, 0.5) is 0 Å². The van der Waals surface area contributed by atoms with Gasteiger partial charge in [0.05, 0.1) is 5.92 Å². The second kappa shape index (κ2) is 3.35. The topological polar surface area (TPSA) is 37.3 Å². The monoisotopic (exact) mass is 220 g/mol. The SMILES string of the molecule is CC1CCC(/C=C/C2CC2C(=O)O)C12CC2. The summed E-state index contributed by atoms with van der Waals surface area (Å²) in [6.07, 6.45) is 10.9. The highest BCUT2D eigenvalue weighted by Crippen LogP contribution is 2.64. The highest BCUT2D eigenvalue weighted by molar-refractivity contribution is 5.73. The largest absolute Gasteiger partial charge is 0.481 e. The van der Waals surface area contributed by atoms with Crippen LogP contribution in [0.25, 0.3) is 0 Å². The summed E-state index contributed by atoms with van der Waals surface area (Å²) < 4.78 is 0. The van der Waals surface area contributed by atoms with Crippen molar-refractivity contribution in [3.05, 3.63) is 12.2 Å². The Morgan fingerprint density at radius 2 is 2.06 bits per heavy atom. The van der Waals surface area contributed by atoms with E-state index in [4.69, 9.17) is 5.11 Å². The Morgan fingerprint density at radius 1 is 1.31 bits per heavy atom. The van der Waals surface area contributed by atoms with E-state index in [1.54, 1.807) is 0 Å². The van der Waals surface area contributed by atoms with Crippen LogP contribution in [0.15, 0.2) is 12.2 Å². The molecule has 3 rings (SSSR count). The van der Waals surface area contributed by atoms with Gasteiger partial charge in [0.2, 0.25) is 0 Å². The van der Waals surface area contributed by atoms with Crippen molar-refractivity contribution < 1.29 is 9.90 Å². The summed E-state index contributed by atoms with van der Waals surface area (Å²) in [6.45, 7) is 2.39. The van der Waals surface area contributed by atoms with Crippen molar-refractivity contribution in [3.63, 3.8) is 0 Å². The smallest absolute Gasteiger partial charge is 0.307 e. The minimum Gasteiger partial charge on any atom is -0.481 e. The normalized spacial score (nSPS) is 44.1. The van der Waals surface area contributed by atoms with E-state index in [1.165, 1.54) is 25.7 Å². The lowest BCUT2D eigenvalue weighted by molar-refractivity contribution is -0.138. The van der Waals surface area contributed by atoms with Crippen LogP contribution >= 0.6 is 0 Å². The predicted molar refractivity (Wildman–Crippen MR) is 61.9 cm³/mol. The summed E-state index contributed by atoms with van der Waals surface area (Å²) in [5.41, 5.74) is 0.629. The molecule has 3 fully saturated rings. The first-order chi connectivity index (χ1) is 7.63. The van der Waals surface area contributed by atoms with Crippen LogP contribution in [0.5, 0.6) is 0 Å². The first kappa shape index (κ1) is 10.4. The van der Waals surface area contributed by atoms with Crippen molar-refractivity contribution in [3.8, 4) is 0 Å². The fourth-order valence-corrected chi connectivity index (χ4v) is 3.65. The molecule has 3 aliphatic carbocycles. The zero-order valence-electron chi connectivity index (χ0n) is 9.86. The Kier molecular flexibility index (Phi) is 2.17. The molecule has 1 spiro atoms. The number of carboxylic acid groups (broad SMARTS) is 1. The molecule has 0 amide bonds. The van der Waals surface area contributed by atoms with E-state index in [-0.39, 0.29) is 5.92 Å². The molecule has 0 saturated heterocycles. The fraction of sp³-hybridized carbons (Fsp3) is 0.786. The standard InChI is InChI=1S/C14H20O2/c1-9-2-4-11(14(9)6-7-14)5-3-10-8-12(10)13(15)16/h3,5,9-12H,2,4,6-8H2,1H3,(H,15,16)/b5-3+. The molecule has 4 unspecified atom stereocenters. The maximum absolute atomic E-state index is 10.7. The summed E-state index contributed by atoms with van der Waals surface area (Å²) in [6, 6.07) is 0. The molecule has 1 N–H and O–H groups in total. The van der Waals surface area contributed by atoms with E-state index in [2.05, 4.69) is 19.1 Å². The molecule has 4 atom stereocenters. The van der Waals surface area contributed by atoms with Crippen molar-refractivity contribution in [2.24, 2.45) is 29.1 Å². The molecular formula is C14H20O2. The van der Waals surface area contributed by atoms with Crippen LogP contribution in [0.1, 0.15) is 39.0 Å². The van der Waals surface area contributed by atoms with Gasteiger partial charge < -0.3 is 5.11 Å². The van der Waals surface area contributed by atoms with Crippen molar-refractivity contribution >= 4 is 5.97 Å². The summed E-state index contributed by atoms with van der Waals surface area (Å²) in [5, 5.41) is 8.84. The van der Waals surface area contributed by atoms with Crippen molar-refractivity contribution in [2.75, 3.05) is 0 Å². The minimum atomic E-state index is -0.615. The molecule has 0 aliphatic heterocycles. The molecule has 2 nitrogen and oxygen atoms in total. The molecule has 88 valence electrons. The Labute approximate surface area is 96.7 Å². The molecule has 0 bridgehead atoms. The molecule has 0 aromatic carbocycles. The highest BCUT2D eigenvalue weighted by atomic mass is 16.4. The molecule has 0 aromatic rings. The third-order valence-corrected chi connectivity index (χ3v) is 5.21. The molecule has 3 saturated carbocycles. The number of hydrogen-bond acceptors (Lipinski definition) is 1. The highest BCUT2D eigenvalue weighted by Gasteiger charge is 2.55. The van der Waals surface area contributed by atoms with E-state index in [9.17, 15) is 4.79 Å². The van der Waals surface area contributed by atoms with E-state index in [1.807, 2.05) is 0 Å². The van der Waals surface area contributed by atoms with Gasteiger partial charge in [0.1, 0.15) is 0 Å². The molecular weight excluding hydrogens is 200 g/mol. The third kappa shape index (κ3) is 1.50. The summed E-state index contributed by atoms with van der Waals surface area (Å²) in [5.74, 6) is 1.28. The van der Waals surface area contributed by atoms with Crippen molar-refractivity contribution in [2.45, 2.75) is 39.0 Å². The number of carbonyl (C=O) groups is 1. The molecule has 0 heterocycles. The number of aliphatic carboxylic acids is 1. The van der Waals surface area contributed by atoms with E-state index < -0.39 is 5.97 Å². The molecule has 0 radical (unpaired) electrons. The quantitative estimate of drug-likeness (QED) is 0.742. The van der Waals surface area contributed by atoms with Gasteiger partial charge in [-0.3, -0.25) is 4.79 Å². The lowest BCUT2D eigenvalue weighted by Crippen LogP contribution is -2.12. The lowest BCUT2D eigenvalue weighted by atomic mass is 9.86.